The minimum atomic E-state index is -1.01. The van der Waals surface area contributed by atoms with Gasteiger partial charge in [0.2, 0.25) is 5.91 Å². The first-order chi connectivity index (χ1) is 11.9. The first-order valence-corrected chi connectivity index (χ1v) is 7.67. The van der Waals surface area contributed by atoms with Crippen molar-refractivity contribution in [3.63, 3.8) is 0 Å². The number of amides is 2. The molecule has 0 unspecified atom stereocenters. The van der Waals surface area contributed by atoms with Gasteiger partial charge in [0.25, 0.3) is 5.91 Å². The zero-order valence-corrected chi connectivity index (χ0v) is 14.4. The van der Waals surface area contributed by atoms with E-state index < -0.39 is 35.7 Å². The molecule has 0 heterocycles. The molecule has 0 saturated carbocycles. The van der Waals surface area contributed by atoms with Crippen molar-refractivity contribution in [1.82, 2.24) is 10.6 Å². The van der Waals surface area contributed by atoms with Crippen LogP contribution >= 0.6 is 0 Å². The minimum Gasteiger partial charge on any atom is -0.469 e. The van der Waals surface area contributed by atoms with E-state index in [4.69, 9.17) is 0 Å². The first-order valence-electron chi connectivity index (χ1n) is 7.67. The third-order valence-corrected chi connectivity index (χ3v) is 3.46. The highest BCUT2D eigenvalue weighted by molar-refractivity contribution is 5.96. The van der Waals surface area contributed by atoms with Gasteiger partial charge in [-0.3, -0.25) is 14.4 Å². The van der Waals surface area contributed by atoms with Gasteiger partial charge < -0.3 is 20.1 Å². The van der Waals surface area contributed by atoms with Crippen molar-refractivity contribution in [2.75, 3.05) is 20.8 Å². The Kier molecular flexibility index (Phi) is 8.11. The van der Waals surface area contributed by atoms with Crippen LogP contribution in [0.5, 0.6) is 0 Å². The van der Waals surface area contributed by atoms with E-state index in [9.17, 15) is 19.2 Å². The van der Waals surface area contributed by atoms with E-state index >= 15 is 0 Å². The van der Waals surface area contributed by atoms with Crippen LogP contribution in [0.25, 0.3) is 0 Å². The molecule has 0 aliphatic rings. The average Bonchev–Trinajstić information content (AvgIpc) is 2.64. The van der Waals surface area contributed by atoms with Crippen molar-refractivity contribution in [2.45, 2.75) is 19.4 Å². The summed E-state index contributed by atoms with van der Waals surface area (Å²) in [5.41, 5.74) is 0.416. The zero-order chi connectivity index (χ0) is 18.8. The molecule has 0 fully saturated rings. The highest BCUT2D eigenvalue weighted by Gasteiger charge is 2.27. The summed E-state index contributed by atoms with van der Waals surface area (Å²) in [7, 11) is 2.42. The monoisotopic (exact) mass is 350 g/mol. The summed E-state index contributed by atoms with van der Waals surface area (Å²) in [5, 5.41) is 4.90. The summed E-state index contributed by atoms with van der Waals surface area (Å²) in [4.78, 5) is 47.1. The van der Waals surface area contributed by atoms with Gasteiger partial charge in [0.05, 0.1) is 26.7 Å². The molecule has 0 aliphatic carbocycles. The molecule has 1 aromatic rings. The lowest BCUT2D eigenvalue weighted by Gasteiger charge is -2.19. The first kappa shape index (κ1) is 20.1. The molecule has 0 aromatic heterocycles. The van der Waals surface area contributed by atoms with Crippen LogP contribution in [0, 0.1) is 5.92 Å². The number of methoxy groups -OCH3 is 2. The number of hydrogen-bond donors (Lipinski definition) is 2. The lowest BCUT2D eigenvalue weighted by atomic mass is 10.0. The Balaban J connectivity index is 2.58. The second-order valence-electron chi connectivity index (χ2n) is 5.35. The van der Waals surface area contributed by atoms with Crippen molar-refractivity contribution >= 4 is 23.8 Å². The summed E-state index contributed by atoms with van der Waals surface area (Å²) in [6, 6.07) is 7.39. The highest BCUT2D eigenvalue weighted by Crippen LogP contribution is 2.09. The fourth-order valence-electron chi connectivity index (χ4n) is 2.10. The molecule has 0 saturated heterocycles. The number of nitrogens with one attached hydrogen (secondary N) is 2. The maximum Gasteiger partial charge on any atom is 0.328 e. The van der Waals surface area contributed by atoms with Crippen LogP contribution in [0.4, 0.5) is 0 Å². The van der Waals surface area contributed by atoms with Crippen LogP contribution < -0.4 is 10.6 Å². The smallest absolute Gasteiger partial charge is 0.328 e. The van der Waals surface area contributed by atoms with Gasteiger partial charge >= 0.3 is 11.9 Å². The summed E-state index contributed by atoms with van der Waals surface area (Å²) >= 11 is 0. The number of ether oxygens (including phenoxy) is 2. The maximum atomic E-state index is 12.0. The molecule has 8 nitrogen and oxygen atoms in total. The van der Waals surface area contributed by atoms with E-state index in [1.807, 2.05) is 0 Å². The third kappa shape index (κ3) is 6.62. The van der Waals surface area contributed by atoms with Crippen LogP contribution in [0.15, 0.2) is 30.3 Å². The Hall–Kier alpha value is -2.90. The Morgan fingerprint density at radius 3 is 2.16 bits per heavy atom. The summed E-state index contributed by atoms with van der Waals surface area (Å²) in [6.45, 7) is 1.26. The molecular weight excluding hydrogens is 328 g/mol. The summed E-state index contributed by atoms with van der Waals surface area (Å²) < 4.78 is 9.23. The topological polar surface area (TPSA) is 111 Å². The van der Waals surface area contributed by atoms with E-state index in [0.717, 1.165) is 0 Å². The molecular formula is C17H22N2O6. The molecule has 2 N–H and O–H groups in total. The van der Waals surface area contributed by atoms with Gasteiger partial charge in [0.15, 0.2) is 0 Å². The molecule has 2 atom stereocenters. The lowest BCUT2D eigenvalue weighted by molar-refractivity contribution is -0.148. The van der Waals surface area contributed by atoms with E-state index in [-0.39, 0.29) is 13.0 Å². The number of benzene rings is 1. The van der Waals surface area contributed by atoms with Gasteiger partial charge in [-0.15, -0.1) is 0 Å². The maximum absolute atomic E-state index is 12.0. The third-order valence-electron chi connectivity index (χ3n) is 3.46. The number of carbonyl (C=O) groups is 4. The van der Waals surface area contributed by atoms with Gasteiger partial charge in [-0.2, -0.15) is 0 Å². The fourth-order valence-corrected chi connectivity index (χ4v) is 2.10. The van der Waals surface area contributed by atoms with Gasteiger partial charge in [0, 0.05) is 5.56 Å². The molecule has 0 aliphatic heterocycles. The summed E-state index contributed by atoms with van der Waals surface area (Å²) in [6.07, 6.45) is 0.0255. The molecule has 0 bridgehead atoms. The van der Waals surface area contributed by atoms with Crippen molar-refractivity contribution < 1.29 is 28.7 Å². The summed E-state index contributed by atoms with van der Waals surface area (Å²) in [5.74, 6) is -2.77. The predicted octanol–water partition coefficient (Wildman–Crippen LogP) is 0.273. The molecule has 1 rings (SSSR count). The van der Waals surface area contributed by atoms with Crippen LogP contribution in [0.2, 0.25) is 0 Å². The fraction of sp³-hybridized carbons (Fsp3) is 0.412. The van der Waals surface area contributed by atoms with Crippen LogP contribution in [-0.4, -0.2) is 50.6 Å². The van der Waals surface area contributed by atoms with E-state index in [1.165, 1.54) is 14.2 Å². The van der Waals surface area contributed by atoms with E-state index in [2.05, 4.69) is 20.1 Å². The minimum absolute atomic E-state index is 0.0255. The highest BCUT2D eigenvalue weighted by atomic mass is 16.5. The lowest BCUT2D eigenvalue weighted by Crippen LogP contribution is -2.47. The van der Waals surface area contributed by atoms with E-state index in [1.54, 1.807) is 37.3 Å². The van der Waals surface area contributed by atoms with Crippen LogP contribution in [0.1, 0.15) is 23.7 Å². The van der Waals surface area contributed by atoms with Crippen molar-refractivity contribution in [1.29, 1.82) is 0 Å². The van der Waals surface area contributed by atoms with E-state index in [0.29, 0.717) is 5.56 Å². The Bertz CT molecular complexity index is 617. The molecule has 0 radical (unpaired) electrons. The van der Waals surface area contributed by atoms with Crippen LogP contribution in [-0.2, 0) is 23.9 Å². The number of rotatable bonds is 8. The van der Waals surface area contributed by atoms with Gasteiger partial charge in [-0.05, 0) is 18.6 Å². The number of esters is 2. The zero-order valence-electron chi connectivity index (χ0n) is 14.4. The molecule has 25 heavy (non-hydrogen) atoms. The van der Waals surface area contributed by atoms with Gasteiger partial charge in [0.1, 0.15) is 6.04 Å². The normalized spacial score (nSPS) is 12.4. The van der Waals surface area contributed by atoms with Crippen molar-refractivity contribution in [2.24, 2.45) is 5.92 Å². The van der Waals surface area contributed by atoms with Crippen LogP contribution in [0.3, 0.4) is 0 Å². The largest absolute Gasteiger partial charge is 0.469 e. The molecule has 1 aromatic carbocycles. The molecule has 2 amide bonds. The van der Waals surface area contributed by atoms with Gasteiger partial charge in [-0.1, -0.05) is 25.1 Å². The SMILES string of the molecule is COC(=O)[C@H](C)C[C@H](NC(=O)CNC(=O)c1ccccc1)C(=O)OC. The Morgan fingerprint density at radius 1 is 1.00 bits per heavy atom. The number of carbonyl (C=O) groups excluding carboxylic acids is 4. The number of hydrogen-bond acceptors (Lipinski definition) is 6. The standard InChI is InChI=1S/C17H22N2O6/c1-11(16(22)24-2)9-13(17(23)25-3)19-14(20)10-18-15(21)12-7-5-4-6-8-12/h4-8,11,13H,9-10H2,1-3H3,(H,18,21)(H,19,20)/t11-,13+/m1/s1. The average molecular weight is 350 g/mol. The Morgan fingerprint density at radius 2 is 1.60 bits per heavy atom. The second-order valence-corrected chi connectivity index (χ2v) is 5.35. The predicted molar refractivity (Wildman–Crippen MR) is 88.5 cm³/mol. The quantitative estimate of drug-likeness (QED) is 0.651. The molecule has 136 valence electrons. The Labute approximate surface area is 145 Å². The molecule has 8 heteroatoms. The van der Waals surface area contributed by atoms with Gasteiger partial charge in [-0.25, -0.2) is 4.79 Å². The van der Waals surface area contributed by atoms with Crippen molar-refractivity contribution in [3.05, 3.63) is 35.9 Å². The second kappa shape index (κ2) is 10.1. The van der Waals surface area contributed by atoms with Crippen molar-refractivity contribution in [3.8, 4) is 0 Å². The molecule has 0 spiro atoms.